The molecule has 1 heterocycles. The lowest BCUT2D eigenvalue weighted by atomic mass is 10.1. The number of benzene rings is 1. The van der Waals surface area contributed by atoms with Crippen LogP contribution in [0.2, 0.25) is 0 Å². The number of carbonyl (C=O) groups excluding carboxylic acids is 1. The Morgan fingerprint density at radius 3 is 2.62 bits per heavy atom. The van der Waals surface area contributed by atoms with E-state index in [4.69, 9.17) is 4.74 Å². The normalized spacial score (nSPS) is 12.5. The van der Waals surface area contributed by atoms with Crippen LogP contribution in [0.3, 0.4) is 0 Å². The standard InChI is InChI=1S/C16H21N3O2/c1-10(2)21-16(20)12(4)19(5)15-14-11(3)7-6-8-13(14)17-9-18-15/h6-10,12H,1-5H3. The van der Waals surface area contributed by atoms with Gasteiger partial charge in [0.1, 0.15) is 18.2 Å². The van der Waals surface area contributed by atoms with Gasteiger partial charge in [0.05, 0.1) is 11.6 Å². The van der Waals surface area contributed by atoms with Crippen molar-refractivity contribution in [3.05, 3.63) is 30.1 Å². The van der Waals surface area contributed by atoms with Crippen LogP contribution in [0.5, 0.6) is 0 Å². The van der Waals surface area contributed by atoms with Gasteiger partial charge in [0.25, 0.3) is 0 Å². The van der Waals surface area contributed by atoms with Crippen LogP contribution in [-0.4, -0.2) is 35.1 Å². The van der Waals surface area contributed by atoms with Crippen LogP contribution >= 0.6 is 0 Å². The quantitative estimate of drug-likeness (QED) is 0.809. The maximum atomic E-state index is 12.1. The molecule has 1 atom stereocenters. The zero-order valence-corrected chi connectivity index (χ0v) is 13.1. The SMILES string of the molecule is Cc1cccc2ncnc(N(C)C(C)C(=O)OC(C)C)c12. The number of carbonyl (C=O) groups is 1. The van der Waals surface area contributed by atoms with E-state index in [1.54, 1.807) is 0 Å². The van der Waals surface area contributed by atoms with Crippen LogP contribution in [0.1, 0.15) is 26.3 Å². The first-order valence-corrected chi connectivity index (χ1v) is 7.05. The van der Waals surface area contributed by atoms with Gasteiger partial charge in [-0.2, -0.15) is 0 Å². The molecule has 2 aromatic rings. The molecule has 5 heteroatoms. The number of anilines is 1. The van der Waals surface area contributed by atoms with E-state index in [1.165, 1.54) is 6.33 Å². The summed E-state index contributed by atoms with van der Waals surface area (Å²) in [5, 5.41) is 0.965. The zero-order valence-electron chi connectivity index (χ0n) is 13.1. The summed E-state index contributed by atoms with van der Waals surface area (Å²) in [7, 11) is 1.85. The molecular formula is C16H21N3O2. The minimum absolute atomic E-state index is 0.128. The highest BCUT2D eigenvalue weighted by atomic mass is 16.5. The minimum Gasteiger partial charge on any atom is -0.461 e. The van der Waals surface area contributed by atoms with Gasteiger partial charge in [-0.25, -0.2) is 14.8 Å². The number of hydrogen-bond acceptors (Lipinski definition) is 5. The highest BCUT2D eigenvalue weighted by Gasteiger charge is 2.23. The number of hydrogen-bond donors (Lipinski definition) is 0. The fourth-order valence-corrected chi connectivity index (χ4v) is 2.20. The molecule has 0 aliphatic carbocycles. The van der Waals surface area contributed by atoms with Crippen molar-refractivity contribution in [2.75, 3.05) is 11.9 Å². The van der Waals surface area contributed by atoms with Crippen LogP contribution in [0, 0.1) is 6.92 Å². The molecular weight excluding hydrogens is 266 g/mol. The van der Waals surface area contributed by atoms with Crippen molar-refractivity contribution < 1.29 is 9.53 Å². The summed E-state index contributed by atoms with van der Waals surface area (Å²) < 4.78 is 5.27. The van der Waals surface area contributed by atoms with Crippen LogP contribution in [0.25, 0.3) is 10.9 Å². The van der Waals surface area contributed by atoms with E-state index in [1.807, 2.05) is 57.8 Å². The van der Waals surface area contributed by atoms with Crippen molar-refractivity contribution in [2.45, 2.75) is 39.8 Å². The van der Waals surface area contributed by atoms with E-state index in [-0.39, 0.29) is 12.1 Å². The predicted molar refractivity (Wildman–Crippen MR) is 83.4 cm³/mol. The number of nitrogens with zero attached hydrogens (tertiary/aromatic N) is 3. The lowest BCUT2D eigenvalue weighted by Gasteiger charge is -2.26. The molecule has 0 spiro atoms. The number of fused-ring (bicyclic) bond motifs is 1. The zero-order chi connectivity index (χ0) is 15.6. The highest BCUT2D eigenvalue weighted by molar-refractivity contribution is 5.93. The molecule has 0 bridgehead atoms. The fraction of sp³-hybridized carbons (Fsp3) is 0.438. The van der Waals surface area contributed by atoms with E-state index in [2.05, 4.69) is 9.97 Å². The summed E-state index contributed by atoms with van der Waals surface area (Å²) in [6.07, 6.45) is 1.39. The first-order chi connectivity index (χ1) is 9.91. The van der Waals surface area contributed by atoms with Crippen molar-refractivity contribution in [2.24, 2.45) is 0 Å². The van der Waals surface area contributed by atoms with Crippen molar-refractivity contribution in [1.82, 2.24) is 9.97 Å². The van der Waals surface area contributed by atoms with Crippen LogP contribution in [-0.2, 0) is 9.53 Å². The number of aromatic nitrogens is 2. The first-order valence-electron chi connectivity index (χ1n) is 7.05. The van der Waals surface area contributed by atoms with Gasteiger partial charge in [0, 0.05) is 12.4 Å². The molecule has 0 N–H and O–H groups in total. The molecule has 0 amide bonds. The summed E-state index contributed by atoms with van der Waals surface area (Å²) in [5.41, 5.74) is 1.95. The van der Waals surface area contributed by atoms with Gasteiger partial charge in [-0.1, -0.05) is 12.1 Å². The van der Waals surface area contributed by atoms with Gasteiger partial charge in [-0.3, -0.25) is 0 Å². The third-order valence-electron chi connectivity index (χ3n) is 3.46. The Hall–Kier alpha value is -2.17. The van der Waals surface area contributed by atoms with Crippen molar-refractivity contribution in [1.29, 1.82) is 0 Å². The Balaban J connectivity index is 2.40. The van der Waals surface area contributed by atoms with Gasteiger partial charge in [-0.05, 0) is 39.3 Å². The second-order valence-corrected chi connectivity index (χ2v) is 5.44. The lowest BCUT2D eigenvalue weighted by molar-refractivity contribution is -0.148. The Kier molecular flexibility index (Phi) is 4.40. The summed E-state index contributed by atoms with van der Waals surface area (Å²) in [5.74, 6) is 0.485. The number of esters is 1. The molecule has 1 aromatic heterocycles. The van der Waals surface area contributed by atoms with Crippen molar-refractivity contribution >= 4 is 22.7 Å². The number of ether oxygens (including phenoxy) is 1. The monoisotopic (exact) mass is 287 g/mol. The van der Waals surface area contributed by atoms with Crippen LogP contribution in [0.15, 0.2) is 24.5 Å². The minimum atomic E-state index is -0.412. The second kappa shape index (κ2) is 6.08. The molecule has 2 rings (SSSR count). The molecule has 0 saturated carbocycles. The molecule has 5 nitrogen and oxygen atoms in total. The maximum Gasteiger partial charge on any atom is 0.328 e. The average molecular weight is 287 g/mol. The third-order valence-corrected chi connectivity index (χ3v) is 3.46. The molecule has 1 aromatic carbocycles. The summed E-state index contributed by atoms with van der Waals surface area (Å²) in [6.45, 7) is 7.51. The highest BCUT2D eigenvalue weighted by Crippen LogP contribution is 2.26. The third kappa shape index (κ3) is 3.12. The van der Waals surface area contributed by atoms with E-state index >= 15 is 0 Å². The summed E-state index contributed by atoms with van der Waals surface area (Å²) in [4.78, 5) is 22.6. The predicted octanol–water partition coefficient (Wildman–Crippen LogP) is 2.71. The smallest absolute Gasteiger partial charge is 0.328 e. The average Bonchev–Trinajstić information content (AvgIpc) is 2.44. The Morgan fingerprint density at radius 1 is 1.24 bits per heavy atom. The number of rotatable bonds is 4. The van der Waals surface area contributed by atoms with Crippen molar-refractivity contribution in [3.63, 3.8) is 0 Å². The molecule has 112 valence electrons. The van der Waals surface area contributed by atoms with Gasteiger partial charge in [0.2, 0.25) is 0 Å². The molecule has 0 radical (unpaired) electrons. The molecule has 1 unspecified atom stereocenters. The second-order valence-electron chi connectivity index (χ2n) is 5.44. The summed E-state index contributed by atoms with van der Waals surface area (Å²) in [6, 6.07) is 5.51. The molecule has 0 aliphatic heterocycles. The van der Waals surface area contributed by atoms with Gasteiger partial charge in [-0.15, -0.1) is 0 Å². The van der Waals surface area contributed by atoms with Crippen molar-refractivity contribution in [3.8, 4) is 0 Å². The Labute approximate surface area is 125 Å². The van der Waals surface area contributed by atoms with E-state index in [0.717, 1.165) is 22.3 Å². The molecule has 21 heavy (non-hydrogen) atoms. The number of likely N-dealkylation sites (N-methyl/N-ethyl adjacent to an activating group) is 1. The molecule has 0 fully saturated rings. The van der Waals surface area contributed by atoms with E-state index in [0.29, 0.717) is 0 Å². The Morgan fingerprint density at radius 2 is 1.95 bits per heavy atom. The fourth-order valence-electron chi connectivity index (χ4n) is 2.20. The van der Waals surface area contributed by atoms with Gasteiger partial charge < -0.3 is 9.64 Å². The van der Waals surface area contributed by atoms with E-state index < -0.39 is 6.04 Å². The summed E-state index contributed by atoms with van der Waals surface area (Å²) >= 11 is 0. The van der Waals surface area contributed by atoms with Gasteiger partial charge >= 0.3 is 5.97 Å². The maximum absolute atomic E-state index is 12.1. The molecule has 0 saturated heterocycles. The topological polar surface area (TPSA) is 55.3 Å². The van der Waals surface area contributed by atoms with E-state index in [9.17, 15) is 4.79 Å². The lowest BCUT2D eigenvalue weighted by Crippen LogP contribution is -2.39. The molecule has 0 aliphatic rings. The van der Waals surface area contributed by atoms with Crippen LogP contribution < -0.4 is 4.90 Å². The Bertz CT molecular complexity index is 650. The number of aryl methyl sites for hydroxylation is 1. The first kappa shape index (κ1) is 15.2. The van der Waals surface area contributed by atoms with Crippen LogP contribution in [0.4, 0.5) is 5.82 Å². The largest absolute Gasteiger partial charge is 0.461 e. The van der Waals surface area contributed by atoms with Gasteiger partial charge in [0.15, 0.2) is 0 Å².